The summed E-state index contributed by atoms with van der Waals surface area (Å²) in [5.74, 6) is 1.16. The first kappa shape index (κ1) is 19.4. The lowest BCUT2D eigenvalue weighted by molar-refractivity contribution is 0.102. The average molecular weight is 367 g/mol. The Bertz CT molecular complexity index is 728. The molecule has 1 aliphatic rings. The third kappa shape index (κ3) is 5.30. The number of unbranched alkanes of at least 4 members (excludes halogenated alkanes) is 1. The molecular weight excluding hydrogens is 338 g/mol. The van der Waals surface area contributed by atoms with Crippen LogP contribution in [0.1, 0.15) is 61.0 Å². The summed E-state index contributed by atoms with van der Waals surface area (Å²) in [7, 11) is 2.02. The van der Waals surface area contributed by atoms with E-state index in [1.54, 1.807) is 18.3 Å². The van der Waals surface area contributed by atoms with Crippen molar-refractivity contribution < 1.29 is 9.53 Å². The van der Waals surface area contributed by atoms with Crippen molar-refractivity contribution >= 4 is 11.6 Å². The smallest absolute Gasteiger partial charge is 0.255 e. The summed E-state index contributed by atoms with van der Waals surface area (Å²) < 4.78 is 5.63. The number of amides is 1. The van der Waals surface area contributed by atoms with Crippen LogP contribution in [0.25, 0.3) is 0 Å². The number of ether oxygens (including phenoxy) is 1. The largest absolute Gasteiger partial charge is 0.494 e. The summed E-state index contributed by atoms with van der Waals surface area (Å²) >= 11 is 0. The zero-order valence-corrected chi connectivity index (χ0v) is 16.2. The molecule has 1 saturated carbocycles. The molecule has 0 radical (unpaired) electrons. The van der Waals surface area contributed by atoms with Crippen LogP contribution in [-0.2, 0) is 0 Å². The molecule has 1 fully saturated rings. The van der Waals surface area contributed by atoms with Crippen molar-refractivity contribution in [2.45, 2.75) is 51.0 Å². The van der Waals surface area contributed by atoms with E-state index in [0.717, 1.165) is 42.8 Å². The fourth-order valence-corrected chi connectivity index (χ4v) is 3.47. The predicted molar refractivity (Wildman–Crippen MR) is 108 cm³/mol. The lowest BCUT2D eigenvalue weighted by Gasteiger charge is -2.11. The van der Waals surface area contributed by atoms with E-state index in [1.165, 1.54) is 6.42 Å². The van der Waals surface area contributed by atoms with Gasteiger partial charge in [-0.05, 0) is 69.1 Å². The molecule has 0 spiro atoms. The molecule has 27 heavy (non-hydrogen) atoms. The van der Waals surface area contributed by atoms with E-state index >= 15 is 0 Å². The highest BCUT2D eigenvalue weighted by atomic mass is 16.5. The molecule has 1 aliphatic carbocycles. The average Bonchev–Trinajstić information content (AvgIpc) is 3.18. The first-order valence-electron chi connectivity index (χ1n) is 9.87. The minimum atomic E-state index is -0.138. The zero-order valence-electron chi connectivity index (χ0n) is 16.2. The van der Waals surface area contributed by atoms with Gasteiger partial charge in [-0.3, -0.25) is 9.78 Å². The number of rotatable bonds is 8. The van der Waals surface area contributed by atoms with Crippen LogP contribution in [0.5, 0.6) is 5.75 Å². The van der Waals surface area contributed by atoms with Crippen molar-refractivity contribution in [2.24, 2.45) is 0 Å². The van der Waals surface area contributed by atoms with Crippen molar-refractivity contribution in [3.05, 3.63) is 53.9 Å². The summed E-state index contributed by atoms with van der Waals surface area (Å²) in [5, 5.41) is 6.26. The quantitative estimate of drug-likeness (QED) is 0.680. The van der Waals surface area contributed by atoms with Gasteiger partial charge in [-0.2, -0.15) is 0 Å². The number of nitrogens with zero attached hydrogens (tertiary/aromatic N) is 1. The Morgan fingerprint density at radius 3 is 2.63 bits per heavy atom. The molecule has 144 valence electrons. The van der Waals surface area contributed by atoms with Crippen LogP contribution >= 0.6 is 0 Å². The number of pyridine rings is 1. The van der Waals surface area contributed by atoms with Crippen molar-refractivity contribution in [3.63, 3.8) is 0 Å². The molecule has 1 aromatic carbocycles. The zero-order chi connectivity index (χ0) is 19.1. The van der Waals surface area contributed by atoms with E-state index in [9.17, 15) is 4.79 Å². The molecule has 3 rings (SSSR count). The van der Waals surface area contributed by atoms with Crippen LogP contribution in [0.2, 0.25) is 0 Å². The second kappa shape index (κ2) is 9.51. The Hall–Kier alpha value is -2.40. The maximum Gasteiger partial charge on any atom is 0.255 e. The molecule has 1 amide bonds. The minimum Gasteiger partial charge on any atom is -0.494 e. The van der Waals surface area contributed by atoms with Crippen molar-refractivity contribution in [1.29, 1.82) is 0 Å². The van der Waals surface area contributed by atoms with Crippen LogP contribution < -0.4 is 15.4 Å². The normalized spacial score (nSPS) is 19.0. The first-order chi connectivity index (χ1) is 13.2. The molecule has 5 heteroatoms. The number of hydrogen-bond acceptors (Lipinski definition) is 4. The van der Waals surface area contributed by atoms with Gasteiger partial charge in [0.2, 0.25) is 0 Å². The Morgan fingerprint density at radius 2 is 2.00 bits per heavy atom. The summed E-state index contributed by atoms with van der Waals surface area (Å²) in [6.45, 7) is 2.83. The number of carbonyl (C=O) groups is 1. The lowest BCUT2D eigenvalue weighted by Crippen LogP contribution is -2.21. The second-order valence-corrected chi connectivity index (χ2v) is 7.15. The van der Waals surface area contributed by atoms with Gasteiger partial charge in [-0.15, -0.1) is 0 Å². The van der Waals surface area contributed by atoms with Crippen LogP contribution in [0.4, 0.5) is 5.69 Å². The van der Waals surface area contributed by atoms with E-state index in [0.29, 0.717) is 24.1 Å². The number of carbonyl (C=O) groups excluding carboxylic acids is 1. The third-order valence-corrected chi connectivity index (χ3v) is 5.19. The number of benzene rings is 1. The van der Waals surface area contributed by atoms with Crippen molar-refractivity contribution in [2.75, 3.05) is 19.0 Å². The molecule has 0 bridgehead atoms. The van der Waals surface area contributed by atoms with Crippen molar-refractivity contribution in [1.82, 2.24) is 10.3 Å². The van der Waals surface area contributed by atoms with Gasteiger partial charge in [0.05, 0.1) is 18.5 Å². The fraction of sp³-hybridized carbons (Fsp3) is 0.455. The van der Waals surface area contributed by atoms with Gasteiger partial charge in [0.15, 0.2) is 0 Å². The predicted octanol–water partition coefficient (Wildman–Crippen LogP) is 4.37. The number of hydrogen-bond donors (Lipinski definition) is 2. The highest BCUT2D eigenvalue weighted by Crippen LogP contribution is 2.33. The SMILES string of the molecule is CCCCOc1ccc(C(=O)Nc2ccc(C3CCC(NC)C3)nc2)cc1. The summed E-state index contributed by atoms with van der Waals surface area (Å²) in [6, 6.07) is 11.8. The van der Waals surface area contributed by atoms with Crippen molar-refractivity contribution in [3.8, 4) is 5.75 Å². The molecule has 2 atom stereocenters. The molecule has 2 unspecified atom stereocenters. The van der Waals surface area contributed by atoms with E-state index < -0.39 is 0 Å². The molecule has 0 aliphatic heterocycles. The maximum absolute atomic E-state index is 12.4. The third-order valence-electron chi connectivity index (χ3n) is 5.19. The van der Waals surface area contributed by atoms with E-state index in [2.05, 4.69) is 22.5 Å². The Morgan fingerprint density at radius 1 is 1.19 bits per heavy atom. The highest BCUT2D eigenvalue weighted by Gasteiger charge is 2.25. The summed E-state index contributed by atoms with van der Waals surface area (Å²) in [5.41, 5.74) is 2.43. The van der Waals surface area contributed by atoms with Gasteiger partial charge < -0.3 is 15.4 Å². The van der Waals surface area contributed by atoms with E-state index in [-0.39, 0.29) is 5.91 Å². The maximum atomic E-state index is 12.4. The second-order valence-electron chi connectivity index (χ2n) is 7.15. The van der Waals surface area contributed by atoms with Crippen LogP contribution in [0, 0.1) is 0 Å². The molecule has 5 nitrogen and oxygen atoms in total. The molecule has 0 saturated heterocycles. The number of aromatic nitrogens is 1. The van der Waals surface area contributed by atoms with Gasteiger partial charge in [0, 0.05) is 23.2 Å². The van der Waals surface area contributed by atoms with Crippen LogP contribution in [-0.4, -0.2) is 30.6 Å². The Labute approximate surface area is 161 Å². The van der Waals surface area contributed by atoms with E-state index in [4.69, 9.17) is 4.74 Å². The monoisotopic (exact) mass is 367 g/mol. The molecule has 1 heterocycles. The van der Waals surface area contributed by atoms with Gasteiger partial charge in [0.25, 0.3) is 5.91 Å². The number of anilines is 1. The molecule has 2 aromatic rings. The number of nitrogens with one attached hydrogen (secondary N) is 2. The van der Waals surface area contributed by atoms with Crippen LogP contribution in [0.3, 0.4) is 0 Å². The highest BCUT2D eigenvalue weighted by molar-refractivity contribution is 6.04. The van der Waals surface area contributed by atoms with Gasteiger partial charge in [-0.25, -0.2) is 0 Å². The molecule has 2 N–H and O–H groups in total. The van der Waals surface area contributed by atoms with Gasteiger partial charge in [0.1, 0.15) is 5.75 Å². The Kier molecular flexibility index (Phi) is 6.82. The molecular formula is C22H29N3O2. The molecule has 1 aromatic heterocycles. The minimum absolute atomic E-state index is 0.138. The summed E-state index contributed by atoms with van der Waals surface area (Å²) in [6.07, 6.45) is 7.37. The van der Waals surface area contributed by atoms with E-state index in [1.807, 2.05) is 31.3 Å². The van der Waals surface area contributed by atoms with Crippen LogP contribution in [0.15, 0.2) is 42.6 Å². The first-order valence-corrected chi connectivity index (χ1v) is 9.87. The van der Waals surface area contributed by atoms with Gasteiger partial charge >= 0.3 is 0 Å². The lowest BCUT2D eigenvalue weighted by atomic mass is 10.0. The Balaban J connectivity index is 1.54. The summed E-state index contributed by atoms with van der Waals surface area (Å²) in [4.78, 5) is 17.0. The topological polar surface area (TPSA) is 63.2 Å². The fourth-order valence-electron chi connectivity index (χ4n) is 3.47. The van der Waals surface area contributed by atoms with Gasteiger partial charge in [-0.1, -0.05) is 13.3 Å². The standard InChI is InChI=1S/C22H29N3O2/c1-3-4-13-27-20-10-6-16(7-11-20)22(26)25-19-9-12-21(24-15-19)17-5-8-18(14-17)23-2/h6-7,9-12,15,17-18,23H,3-5,8,13-14H2,1-2H3,(H,25,26).